The molecule has 0 N–H and O–H groups in total. The first-order valence-electron chi connectivity index (χ1n) is 8.50. The molecule has 0 spiro atoms. The molecule has 0 bridgehead atoms. The minimum atomic E-state index is -0.531. The Morgan fingerprint density at radius 1 is 0.731 bits per heavy atom. The first-order chi connectivity index (χ1) is 12.7. The second kappa shape index (κ2) is 8.21. The number of hydrogen-bond acceptors (Lipinski definition) is 3. The maximum absolute atomic E-state index is 12.2. The second-order valence-electron chi connectivity index (χ2n) is 6.10. The lowest BCUT2D eigenvalue weighted by Gasteiger charge is -2.32. The van der Waals surface area contributed by atoms with Crippen LogP contribution < -0.4 is 0 Å². The molecule has 0 aliphatic rings. The Hall–Kier alpha value is -3.27. The SMILES string of the molecule is CC(=O)N(N=O)[C@@H](c1ccccc1)C(c1ccccc1)c1ccccc1. The van der Waals surface area contributed by atoms with E-state index in [0.29, 0.717) is 0 Å². The Morgan fingerprint density at radius 3 is 1.46 bits per heavy atom. The molecule has 130 valence electrons. The second-order valence-corrected chi connectivity index (χ2v) is 6.10. The smallest absolute Gasteiger partial charge is 0.242 e. The fourth-order valence-electron chi connectivity index (χ4n) is 3.31. The molecule has 0 aromatic heterocycles. The fraction of sp³-hybridized carbons (Fsp3) is 0.136. The van der Waals surface area contributed by atoms with Crippen LogP contribution in [0.25, 0.3) is 0 Å². The van der Waals surface area contributed by atoms with Gasteiger partial charge in [0.1, 0.15) is 0 Å². The first-order valence-corrected chi connectivity index (χ1v) is 8.50. The predicted octanol–water partition coefficient (Wildman–Crippen LogP) is 5.09. The van der Waals surface area contributed by atoms with Gasteiger partial charge < -0.3 is 0 Å². The molecule has 4 heteroatoms. The molecule has 0 saturated heterocycles. The summed E-state index contributed by atoms with van der Waals surface area (Å²) in [5.74, 6) is -0.605. The molecular weight excluding hydrogens is 324 g/mol. The van der Waals surface area contributed by atoms with Crippen LogP contribution in [0, 0.1) is 4.91 Å². The monoisotopic (exact) mass is 344 g/mol. The van der Waals surface area contributed by atoms with E-state index in [2.05, 4.69) is 5.29 Å². The minimum Gasteiger partial charge on any atom is -0.273 e. The lowest BCUT2D eigenvalue weighted by atomic mass is 9.81. The van der Waals surface area contributed by atoms with Gasteiger partial charge in [-0.15, -0.1) is 4.91 Å². The molecule has 4 nitrogen and oxygen atoms in total. The Kier molecular flexibility index (Phi) is 5.54. The number of carbonyl (C=O) groups excluding carboxylic acids is 1. The fourth-order valence-corrected chi connectivity index (χ4v) is 3.31. The van der Waals surface area contributed by atoms with Crippen LogP contribution in [0.5, 0.6) is 0 Å². The van der Waals surface area contributed by atoms with Crippen LogP contribution in [-0.4, -0.2) is 10.9 Å². The van der Waals surface area contributed by atoms with Crippen molar-refractivity contribution in [2.45, 2.75) is 18.9 Å². The van der Waals surface area contributed by atoms with Crippen LogP contribution in [0.1, 0.15) is 35.6 Å². The van der Waals surface area contributed by atoms with Gasteiger partial charge in [0.2, 0.25) is 5.91 Å². The van der Waals surface area contributed by atoms with E-state index in [1.807, 2.05) is 91.0 Å². The molecule has 1 atom stereocenters. The van der Waals surface area contributed by atoms with Gasteiger partial charge in [-0.2, -0.15) is 5.01 Å². The summed E-state index contributed by atoms with van der Waals surface area (Å²) in [5.41, 5.74) is 2.89. The number of rotatable bonds is 6. The summed E-state index contributed by atoms with van der Waals surface area (Å²) in [6.07, 6.45) is 0. The average Bonchev–Trinajstić information content (AvgIpc) is 2.70. The topological polar surface area (TPSA) is 49.7 Å². The molecule has 0 radical (unpaired) electrons. The van der Waals surface area contributed by atoms with Crippen LogP contribution >= 0.6 is 0 Å². The van der Waals surface area contributed by atoms with Crippen LogP contribution in [0.2, 0.25) is 0 Å². The number of amides is 1. The maximum atomic E-state index is 12.2. The standard InChI is InChI=1S/C22H20N2O2/c1-17(25)24(23-26)22(20-15-9-4-10-16-20)21(18-11-5-2-6-12-18)19-13-7-3-8-14-19/h2-16,21-22H,1H3/t22-/m0/s1. The summed E-state index contributed by atoms with van der Waals surface area (Å²) in [4.78, 5) is 23.8. The van der Waals surface area contributed by atoms with Gasteiger partial charge in [0.25, 0.3) is 0 Å². The van der Waals surface area contributed by atoms with Gasteiger partial charge in [-0.3, -0.25) is 4.79 Å². The zero-order valence-electron chi connectivity index (χ0n) is 14.5. The zero-order valence-corrected chi connectivity index (χ0v) is 14.5. The van der Waals surface area contributed by atoms with E-state index in [9.17, 15) is 9.70 Å². The van der Waals surface area contributed by atoms with Crippen molar-refractivity contribution in [3.05, 3.63) is 113 Å². The van der Waals surface area contributed by atoms with Crippen molar-refractivity contribution in [2.75, 3.05) is 0 Å². The van der Waals surface area contributed by atoms with E-state index in [1.165, 1.54) is 6.92 Å². The van der Waals surface area contributed by atoms with Gasteiger partial charge in [0.15, 0.2) is 0 Å². The highest BCUT2D eigenvalue weighted by Crippen LogP contribution is 2.41. The summed E-state index contributed by atoms with van der Waals surface area (Å²) in [5, 5.41) is 4.11. The molecule has 0 saturated carbocycles. The highest BCUT2D eigenvalue weighted by Gasteiger charge is 2.34. The number of nitrogens with zero attached hydrogens (tertiary/aromatic N) is 2. The molecule has 1 amide bonds. The van der Waals surface area contributed by atoms with Crippen molar-refractivity contribution in [3.8, 4) is 0 Å². The van der Waals surface area contributed by atoms with Gasteiger partial charge in [-0.25, -0.2) is 0 Å². The third-order valence-corrected chi connectivity index (χ3v) is 4.45. The Balaban J connectivity index is 2.22. The first kappa shape index (κ1) is 17.5. The molecule has 0 fully saturated rings. The molecule has 3 aromatic rings. The van der Waals surface area contributed by atoms with Crippen molar-refractivity contribution >= 4 is 5.91 Å². The van der Waals surface area contributed by atoms with Crippen molar-refractivity contribution < 1.29 is 4.79 Å². The quantitative estimate of drug-likeness (QED) is 0.462. The zero-order chi connectivity index (χ0) is 18.4. The third-order valence-electron chi connectivity index (χ3n) is 4.45. The minimum absolute atomic E-state index is 0.221. The molecule has 0 heterocycles. The molecule has 26 heavy (non-hydrogen) atoms. The van der Waals surface area contributed by atoms with Gasteiger partial charge in [0.05, 0.1) is 11.3 Å². The van der Waals surface area contributed by atoms with Crippen molar-refractivity contribution in [2.24, 2.45) is 5.29 Å². The van der Waals surface area contributed by atoms with E-state index >= 15 is 0 Å². The van der Waals surface area contributed by atoms with Crippen LogP contribution in [0.3, 0.4) is 0 Å². The molecule has 0 aliphatic carbocycles. The van der Waals surface area contributed by atoms with Crippen molar-refractivity contribution in [1.82, 2.24) is 5.01 Å². The Bertz CT molecular complexity index is 812. The van der Waals surface area contributed by atoms with E-state index in [-0.39, 0.29) is 11.8 Å². The summed E-state index contributed by atoms with van der Waals surface area (Å²) in [6, 6.07) is 28.8. The highest BCUT2D eigenvalue weighted by molar-refractivity contribution is 5.73. The Morgan fingerprint density at radius 2 is 1.12 bits per heavy atom. The lowest BCUT2D eigenvalue weighted by Crippen LogP contribution is -2.32. The number of hydrogen-bond donors (Lipinski definition) is 0. The Labute approximate surface area is 153 Å². The molecule has 3 rings (SSSR count). The number of nitroso groups, excluding NO2 is 1. The van der Waals surface area contributed by atoms with Gasteiger partial charge >= 0.3 is 0 Å². The van der Waals surface area contributed by atoms with E-state index in [0.717, 1.165) is 21.7 Å². The maximum Gasteiger partial charge on any atom is 0.242 e. The van der Waals surface area contributed by atoms with Crippen molar-refractivity contribution in [1.29, 1.82) is 0 Å². The number of benzene rings is 3. The predicted molar refractivity (Wildman–Crippen MR) is 102 cm³/mol. The lowest BCUT2D eigenvalue weighted by molar-refractivity contribution is -0.131. The van der Waals surface area contributed by atoms with Gasteiger partial charge in [-0.1, -0.05) is 91.0 Å². The number of carbonyl (C=O) groups is 1. The van der Waals surface area contributed by atoms with E-state index < -0.39 is 6.04 Å². The summed E-state index contributed by atoms with van der Waals surface area (Å²) < 4.78 is 0. The van der Waals surface area contributed by atoms with E-state index in [4.69, 9.17) is 0 Å². The van der Waals surface area contributed by atoms with Crippen LogP contribution in [0.15, 0.2) is 96.3 Å². The molecule has 0 aliphatic heterocycles. The summed E-state index contributed by atoms with van der Waals surface area (Å²) >= 11 is 0. The molecular formula is C22H20N2O2. The third kappa shape index (κ3) is 3.70. The molecule has 0 unspecified atom stereocenters. The summed E-state index contributed by atoms with van der Waals surface area (Å²) in [6.45, 7) is 1.37. The van der Waals surface area contributed by atoms with Crippen LogP contribution in [0.4, 0.5) is 0 Å². The van der Waals surface area contributed by atoms with E-state index in [1.54, 1.807) is 0 Å². The van der Waals surface area contributed by atoms with Crippen molar-refractivity contribution in [3.63, 3.8) is 0 Å². The average molecular weight is 344 g/mol. The normalized spacial score (nSPS) is 11.8. The van der Waals surface area contributed by atoms with Gasteiger partial charge in [-0.05, 0) is 16.7 Å². The molecule has 3 aromatic carbocycles. The van der Waals surface area contributed by atoms with Crippen LogP contribution in [-0.2, 0) is 4.79 Å². The highest BCUT2D eigenvalue weighted by atomic mass is 16.3. The van der Waals surface area contributed by atoms with Gasteiger partial charge in [0, 0.05) is 12.8 Å². The largest absolute Gasteiger partial charge is 0.273 e. The summed E-state index contributed by atoms with van der Waals surface area (Å²) in [7, 11) is 0.